The van der Waals surface area contributed by atoms with E-state index in [1.165, 1.54) is 54.9 Å². The van der Waals surface area contributed by atoms with Gasteiger partial charge in [-0.3, -0.25) is 14.4 Å². The van der Waals surface area contributed by atoms with Crippen LogP contribution in [0.1, 0.15) is 87.7 Å². The number of nitrogen functional groups attached to an aromatic ring is 2. The van der Waals surface area contributed by atoms with E-state index in [4.69, 9.17) is 30.1 Å². The number of carboxylic acids is 2. The molecule has 0 bridgehead atoms. The molecule has 4 heterocycles. The van der Waals surface area contributed by atoms with E-state index < -0.39 is 52.1 Å². The first kappa shape index (κ1) is 61.4. The molecule has 0 saturated heterocycles. The van der Waals surface area contributed by atoms with Crippen LogP contribution in [0.3, 0.4) is 0 Å². The molecule has 9 aromatic rings. The van der Waals surface area contributed by atoms with Crippen molar-refractivity contribution < 1.29 is 75.8 Å². The highest BCUT2D eigenvalue weighted by atomic mass is 19.1. The Bertz CT molecular complexity index is 4950. The van der Waals surface area contributed by atoms with Crippen molar-refractivity contribution in [2.75, 3.05) is 11.5 Å². The van der Waals surface area contributed by atoms with E-state index in [9.17, 15) is 62.0 Å². The number of halogens is 4. The number of anilines is 2. The number of Topliss-reactive ketones (excluding diaryl/α,β-unsaturated/α-hetero) is 2. The van der Waals surface area contributed by atoms with E-state index in [0.29, 0.717) is 18.7 Å². The van der Waals surface area contributed by atoms with Crippen molar-refractivity contribution in [1.29, 1.82) is 0 Å². The number of benzene rings is 8. The van der Waals surface area contributed by atoms with Gasteiger partial charge in [-0.15, -0.1) is 0 Å². The summed E-state index contributed by atoms with van der Waals surface area (Å²) in [5.74, 6) is -7.90. The van der Waals surface area contributed by atoms with Crippen LogP contribution in [-0.2, 0) is 26.1 Å². The minimum absolute atomic E-state index is 0.000637. The van der Waals surface area contributed by atoms with E-state index >= 15 is 0 Å². The molecular weight excluding hydrogens is 1200 g/mol. The number of phenols is 2. The molecule has 2 aromatic heterocycles. The molecular formula is C69H48F4N6O13. The number of aromatic carboxylic acids is 2. The summed E-state index contributed by atoms with van der Waals surface area (Å²) in [4.78, 5) is 79.4. The predicted octanol–water partition coefficient (Wildman–Crippen LogP) is 10.9. The summed E-state index contributed by atoms with van der Waals surface area (Å²) in [7, 11) is 0. The fourth-order valence-electron chi connectivity index (χ4n) is 10.2. The van der Waals surface area contributed by atoms with Crippen molar-refractivity contribution in [2.45, 2.75) is 38.9 Å². The van der Waals surface area contributed by atoms with Crippen molar-refractivity contribution in [3.63, 3.8) is 0 Å². The van der Waals surface area contributed by atoms with Gasteiger partial charge in [0.2, 0.25) is 5.43 Å². The van der Waals surface area contributed by atoms with Crippen molar-refractivity contribution in [2.24, 2.45) is 0 Å². The van der Waals surface area contributed by atoms with Gasteiger partial charge in [0.1, 0.15) is 53.5 Å². The fourth-order valence-corrected chi connectivity index (χ4v) is 10.2. The number of aryl methyl sites for hydroxylation is 2. The Labute approximate surface area is 517 Å². The Morgan fingerprint density at radius 1 is 0.533 bits per heavy atom. The number of hydrogen-bond acceptors (Lipinski definition) is 17. The highest BCUT2D eigenvalue weighted by molar-refractivity contribution is 6.10. The molecule has 23 heteroatoms. The summed E-state index contributed by atoms with van der Waals surface area (Å²) in [5, 5.41) is 40.3. The minimum atomic E-state index is -1.36. The van der Waals surface area contributed by atoms with Crippen molar-refractivity contribution >= 4 is 58.3 Å². The average Bonchev–Trinajstić information content (AvgIpc) is 0.749. The molecule has 92 heavy (non-hydrogen) atoms. The lowest BCUT2D eigenvalue weighted by atomic mass is 9.88. The Hall–Kier alpha value is -12.3. The van der Waals surface area contributed by atoms with E-state index in [1.54, 1.807) is 12.1 Å². The molecule has 0 amide bonds. The SMILES string of the molecule is C=c1cc2c(cc1F)=C(c1ccc(C(=O)CCc3ccc(COc4nccc(N)n4)cc3)cc1C(=O)O)c1cc(F)c(O)cc1O2.Nc1ccnc(OCc2ccc(CCC(=O)c3ccc(C(=O)O)c(-c4c5cc(F)c(=O)cc-5oc5cc(O)c(F)cc45)c3)cc2)n1. The molecule has 0 radical (unpaired) electrons. The Kier molecular flexibility index (Phi) is 17.2. The number of hydrogen-bond donors (Lipinski definition) is 6. The van der Waals surface area contributed by atoms with Gasteiger partial charge >= 0.3 is 24.0 Å². The number of aromatic nitrogens is 4. The number of fused-ring (bicyclic) bond motifs is 4. The monoisotopic (exact) mass is 1240 g/mol. The fraction of sp³-hybridized carbons (Fsp3) is 0.0870. The van der Waals surface area contributed by atoms with Gasteiger partial charge in [0.25, 0.3) is 0 Å². The molecule has 8 N–H and O–H groups in total. The zero-order valence-corrected chi connectivity index (χ0v) is 47.9. The maximum Gasteiger partial charge on any atom is 0.336 e. The molecule has 0 spiro atoms. The number of carboxylic acid groups (broad SMARTS) is 2. The van der Waals surface area contributed by atoms with Crippen LogP contribution in [0.15, 0.2) is 167 Å². The van der Waals surface area contributed by atoms with Crippen LogP contribution in [0.4, 0.5) is 29.2 Å². The predicted molar refractivity (Wildman–Crippen MR) is 327 cm³/mol. The summed E-state index contributed by atoms with van der Waals surface area (Å²) in [5.41, 5.74) is 13.8. The molecule has 0 saturated carbocycles. The number of carbonyl (C=O) groups excluding carboxylic acids is 2. The van der Waals surface area contributed by atoms with E-state index in [0.717, 1.165) is 64.7 Å². The van der Waals surface area contributed by atoms with Crippen molar-refractivity contribution in [3.8, 4) is 57.5 Å². The summed E-state index contributed by atoms with van der Waals surface area (Å²) in [6.07, 6.45) is 3.93. The molecule has 1 aliphatic carbocycles. The van der Waals surface area contributed by atoms with Gasteiger partial charge in [-0.25, -0.2) is 37.1 Å². The highest BCUT2D eigenvalue weighted by Gasteiger charge is 2.29. The van der Waals surface area contributed by atoms with E-state index in [-0.39, 0.29) is 150 Å². The number of aromatic hydroxyl groups is 2. The Balaban J connectivity index is 0.000000188. The van der Waals surface area contributed by atoms with Crippen LogP contribution in [0.5, 0.6) is 35.0 Å². The molecule has 0 atom stereocenters. The maximum atomic E-state index is 14.7. The second-order valence-electron chi connectivity index (χ2n) is 21.0. The number of nitrogens with zero attached hydrogens (tertiary/aromatic N) is 4. The average molecular weight is 1250 g/mol. The normalized spacial score (nSPS) is 11.5. The Morgan fingerprint density at radius 3 is 1.66 bits per heavy atom. The minimum Gasteiger partial charge on any atom is -0.505 e. The van der Waals surface area contributed by atoms with Gasteiger partial charge in [-0.1, -0.05) is 73.3 Å². The summed E-state index contributed by atoms with van der Waals surface area (Å²) >= 11 is 0. The van der Waals surface area contributed by atoms with Gasteiger partial charge in [0.05, 0.1) is 11.1 Å². The summed E-state index contributed by atoms with van der Waals surface area (Å²) in [6, 6.07) is 34.5. The number of carbonyl (C=O) groups is 4. The number of ketones is 2. The second kappa shape index (κ2) is 25.8. The maximum absolute atomic E-state index is 14.7. The van der Waals surface area contributed by atoms with Crippen molar-refractivity contribution in [3.05, 3.63) is 258 Å². The third-order valence-corrected chi connectivity index (χ3v) is 14.9. The summed E-state index contributed by atoms with van der Waals surface area (Å²) < 4.78 is 80.9. The molecule has 3 aliphatic rings. The molecule has 19 nitrogen and oxygen atoms in total. The lowest BCUT2D eigenvalue weighted by Crippen LogP contribution is -2.23. The first-order valence-corrected chi connectivity index (χ1v) is 27.9. The third kappa shape index (κ3) is 13.3. The topological polar surface area (TPSA) is 311 Å². The smallest absolute Gasteiger partial charge is 0.336 e. The number of rotatable bonds is 18. The molecule has 7 aromatic carbocycles. The molecule has 0 fully saturated rings. The van der Waals surface area contributed by atoms with Gasteiger partial charge in [0, 0.05) is 92.6 Å². The van der Waals surface area contributed by atoms with Crippen LogP contribution in [0, 0.1) is 23.3 Å². The van der Waals surface area contributed by atoms with E-state index in [2.05, 4.69) is 26.5 Å². The number of nitrogens with two attached hydrogens (primary N) is 2. The molecule has 2 aliphatic heterocycles. The Morgan fingerprint density at radius 2 is 1.08 bits per heavy atom. The van der Waals surface area contributed by atoms with Crippen LogP contribution in [0.2, 0.25) is 0 Å². The molecule has 0 unspecified atom stereocenters. The number of ether oxygens (including phenoxy) is 3. The van der Waals surface area contributed by atoms with Gasteiger partial charge in [-0.05, 0) is 107 Å². The van der Waals surface area contributed by atoms with Crippen LogP contribution in [0.25, 0.3) is 45.6 Å². The van der Waals surface area contributed by atoms with Crippen LogP contribution in [-0.4, -0.2) is 63.9 Å². The van der Waals surface area contributed by atoms with Gasteiger partial charge in [-0.2, -0.15) is 9.97 Å². The zero-order chi connectivity index (χ0) is 65.1. The highest BCUT2D eigenvalue weighted by Crippen LogP contribution is 2.44. The largest absolute Gasteiger partial charge is 0.505 e. The number of phenolic OH excluding ortho intramolecular Hbond substituents is 2. The summed E-state index contributed by atoms with van der Waals surface area (Å²) in [6.45, 7) is 4.07. The molecule has 460 valence electrons. The van der Waals surface area contributed by atoms with Gasteiger partial charge in [0.15, 0.2) is 40.5 Å². The van der Waals surface area contributed by atoms with Crippen LogP contribution >= 0.6 is 0 Å². The quantitative estimate of drug-likeness (QED) is 0.0264. The van der Waals surface area contributed by atoms with Crippen LogP contribution < -0.4 is 41.5 Å². The van der Waals surface area contributed by atoms with E-state index in [1.807, 2.05) is 48.5 Å². The first-order chi connectivity index (χ1) is 44.1. The zero-order valence-electron chi connectivity index (χ0n) is 47.9. The van der Waals surface area contributed by atoms with Gasteiger partial charge < -0.3 is 50.5 Å². The third-order valence-electron chi connectivity index (χ3n) is 14.9. The molecule has 12 rings (SSSR count). The second-order valence-corrected chi connectivity index (χ2v) is 21.0. The lowest BCUT2D eigenvalue weighted by molar-refractivity contribution is 0.0686. The lowest BCUT2D eigenvalue weighted by Gasteiger charge is -2.23. The van der Waals surface area contributed by atoms with Crippen molar-refractivity contribution in [1.82, 2.24) is 19.9 Å². The first-order valence-electron chi connectivity index (χ1n) is 27.9. The standard InChI is InChI=1S/C35H25F2N3O6.C34H23F2N3O7/c1-18-12-30-24(14-26(18)36)33(25-15-27(37)29(42)16-31(25)46-30)22-8-7-21(13-23(22)34(43)44)28(41)9-6-19-2-4-20(5-3-19)17-45-35-39-11-10-32(38)40-35;35-24-12-22-29(14-27(24)41)46-30-15-28(42)25(36)13-23(30)32(22)21-11-19(6-7-20(21)33(43)44)26(40)8-5-17-1-3-18(4-2-17)16-45-34-38-10-9-31(37)39-34/h2-5,7-8,10-16,42H,1,6,9,17H2,(H,43,44)(H2,38,39,40);1-4,6-7,9-15,41H,5,8,16H2,(H,43,44)(H2,37,38,39).